The Kier molecular flexibility index (Phi) is 2.41. The van der Waals surface area contributed by atoms with Gasteiger partial charge in [-0.3, -0.25) is 0 Å². The fourth-order valence-electron chi connectivity index (χ4n) is 0.794. The highest BCUT2D eigenvalue weighted by Gasteiger charge is 2.26. The van der Waals surface area contributed by atoms with E-state index in [-0.39, 0.29) is 0 Å². The van der Waals surface area contributed by atoms with Crippen LogP contribution in [0.15, 0.2) is 21.9 Å². The molecule has 1 saturated carbocycles. The molecule has 60 valence electrons. The van der Waals surface area contributed by atoms with Crippen molar-refractivity contribution in [2.45, 2.75) is 19.8 Å². The van der Waals surface area contributed by atoms with E-state index < -0.39 is 0 Å². The smallest absolute Gasteiger partial charge is 0.132 e. The van der Waals surface area contributed by atoms with E-state index in [9.17, 15) is 0 Å². The van der Waals surface area contributed by atoms with Crippen LogP contribution in [0.2, 0.25) is 0 Å². The number of hydrogen-bond acceptors (Lipinski definition) is 2. The molecule has 0 unspecified atom stereocenters. The predicted molar refractivity (Wildman–Crippen MR) is 47.7 cm³/mol. The summed E-state index contributed by atoms with van der Waals surface area (Å²) in [6, 6.07) is 0. The van der Waals surface area contributed by atoms with Gasteiger partial charge in [0.05, 0.1) is 0 Å². The molecule has 1 rings (SSSR count). The molecule has 0 amide bonds. The minimum atomic E-state index is 0.519. The molecule has 11 heavy (non-hydrogen) atoms. The zero-order chi connectivity index (χ0) is 8.27. The third kappa shape index (κ3) is 2.18. The van der Waals surface area contributed by atoms with Gasteiger partial charge in [0, 0.05) is 5.92 Å². The summed E-state index contributed by atoms with van der Waals surface area (Å²) in [6.07, 6.45) is 4.11. The fourth-order valence-corrected chi connectivity index (χ4v) is 0.794. The van der Waals surface area contributed by atoms with Crippen molar-refractivity contribution in [2.24, 2.45) is 21.6 Å². The number of amidine groups is 1. The quantitative estimate of drug-likeness (QED) is 0.469. The van der Waals surface area contributed by atoms with E-state index in [2.05, 4.69) is 16.7 Å². The van der Waals surface area contributed by atoms with Crippen LogP contribution in [0.25, 0.3) is 0 Å². The molecule has 1 aliphatic carbocycles. The zero-order valence-electron chi connectivity index (χ0n) is 6.75. The van der Waals surface area contributed by atoms with Crippen LogP contribution >= 0.6 is 0 Å². The summed E-state index contributed by atoms with van der Waals surface area (Å²) in [6.45, 7) is 5.30. The summed E-state index contributed by atoms with van der Waals surface area (Å²) in [7, 11) is 0. The SMILES string of the molecule is C=N/C(=N\C(N)=C/C)C1CC1. The molecule has 0 atom stereocenters. The van der Waals surface area contributed by atoms with E-state index in [0.29, 0.717) is 11.7 Å². The summed E-state index contributed by atoms with van der Waals surface area (Å²) in [5.74, 6) is 1.84. The molecule has 3 nitrogen and oxygen atoms in total. The average Bonchev–Trinajstić information content (AvgIpc) is 2.82. The summed E-state index contributed by atoms with van der Waals surface area (Å²) >= 11 is 0. The lowest BCUT2D eigenvalue weighted by molar-refractivity contribution is 1.11. The first kappa shape index (κ1) is 7.98. The summed E-state index contributed by atoms with van der Waals surface area (Å²) < 4.78 is 0. The molecule has 0 heterocycles. The van der Waals surface area contributed by atoms with Crippen molar-refractivity contribution >= 4 is 12.6 Å². The van der Waals surface area contributed by atoms with Crippen molar-refractivity contribution in [2.75, 3.05) is 0 Å². The lowest BCUT2D eigenvalue weighted by Crippen LogP contribution is -2.01. The van der Waals surface area contributed by atoms with Gasteiger partial charge < -0.3 is 5.73 Å². The van der Waals surface area contributed by atoms with Gasteiger partial charge in [0.1, 0.15) is 11.7 Å². The fraction of sp³-hybridized carbons (Fsp3) is 0.500. The van der Waals surface area contributed by atoms with Crippen LogP contribution < -0.4 is 5.73 Å². The molecule has 3 heteroatoms. The number of aliphatic imine (C=N–C) groups is 2. The zero-order valence-corrected chi connectivity index (χ0v) is 6.75. The standard InChI is InChI=1S/C8H13N3/c1-3-7(9)11-8(10-2)6-4-5-6/h3,6H,2,4-5,9H2,1H3/b7-3-,11-8-. The first-order valence-corrected chi connectivity index (χ1v) is 3.75. The second kappa shape index (κ2) is 3.32. The van der Waals surface area contributed by atoms with Crippen LogP contribution in [-0.4, -0.2) is 12.6 Å². The Morgan fingerprint density at radius 2 is 2.27 bits per heavy atom. The van der Waals surface area contributed by atoms with Crippen molar-refractivity contribution in [3.63, 3.8) is 0 Å². The average molecular weight is 151 g/mol. The minimum absolute atomic E-state index is 0.519. The Bertz CT molecular complexity index is 211. The van der Waals surface area contributed by atoms with Gasteiger partial charge in [0.15, 0.2) is 0 Å². The first-order valence-electron chi connectivity index (χ1n) is 3.75. The van der Waals surface area contributed by atoms with Gasteiger partial charge >= 0.3 is 0 Å². The molecule has 0 spiro atoms. The maximum Gasteiger partial charge on any atom is 0.132 e. The monoisotopic (exact) mass is 151 g/mol. The lowest BCUT2D eigenvalue weighted by Gasteiger charge is -1.95. The number of hydrogen-bond donors (Lipinski definition) is 1. The maximum absolute atomic E-state index is 5.50. The van der Waals surface area contributed by atoms with E-state index in [1.54, 1.807) is 6.08 Å². The Labute approximate surface area is 66.7 Å². The number of nitrogens with two attached hydrogens (primary N) is 1. The number of allylic oxidation sites excluding steroid dienone is 1. The minimum Gasteiger partial charge on any atom is -0.384 e. The highest BCUT2D eigenvalue weighted by molar-refractivity contribution is 5.90. The Balaban J connectivity index is 2.65. The van der Waals surface area contributed by atoms with E-state index >= 15 is 0 Å². The normalized spacial score (nSPS) is 20.1. The summed E-state index contributed by atoms with van der Waals surface area (Å²) in [5.41, 5.74) is 5.50. The van der Waals surface area contributed by atoms with Crippen LogP contribution in [0.5, 0.6) is 0 Å². The second-order valence-electron chi connectivity index (χ2n) is 2.62. The molecule has 0 radical (unpaired) electrons. The Morgan fingerprint density at radius 3 is 2.64 bits per heavy atom. The van der Waals surface area contributed by atoms with Crippen LogP contribution in [0.4, 0.5) is 0 Å². The number of nitrogens with zero attached hydrogens (tertiary/aromatic N) is 2. The Morgan fingerprint density at radius 1 is 1.64 bits per heavy atom. The van der Waals surface area contributed by atoms with Crippen molar-refractivity contribution in [3.8, 4) is 0 Å². The molecular formula is C8H13N3. The second-order valence-corrected chi connectivity index (χ2v) is 2.62. The molecule has 0 aliphatic heterocycles. The van der Waals surface area contributed by atoms with Crippen molar-refractivity contribution in [1.82, 2.24) is 0 Å². The molecule has 0 aromatic carbocycles. The van der Waals surface area contributed by atoms with Gasteiger partial charge in [0.25, 0.3) is 0 Å². The lowest BCUT2D eigenvalue weighted by atomic mass is 10.4. The van der Waals surface area contributed by atoms with E-state index in [1.807, 2.05) is 6.92 Å². The van der Waals surface area contributed by atoms with Gasteiger partial charge in [-0.25, -0.2) is 9.98 Å². The van der Waals surface area contributed by atoms with Gasteiger partial charge in [-0.05, 0) is 32.6 Å². The topological polar surface area (TPSA) is 50.7 Å². The molecule has 1 fully saturated rings. The van der Waals surface area contributed by atoms with Crippen molar-refractivity contribution in [3.05, 3.63) is 11.9 Å². The molecule has 1 aliphatic rings. The van der Waals surface area contributed by atoms with Crippen molar-refractivity contribution < 1.29 is 0 Å². The third-order valence-corrected chi connectivity index (χ3v) is 1.64. The van der Waals surface area contributed by atoms with E-state index in [4.69, 9.17) is 5.73 Å². The van der Waals surface area contributed by atoms with Gasteiger partial charge in [-0.1, -0.05) is 0 Å². The van der Waals surface area contributed by atoms with Gasteiger partial charge in [0.2, 0.25) is 0 Å². The van der Waals surface area contributed by atoms with Gasteiger partial charge in [-0.2, -0.15) is 0 Å². The molecule has 0 aromatic heterocycles. The largest absolute Gasteiger partial charge is 0.384 e. The van der Waals surface area contributed by atoms with Crippen LogP contribution in [-0.2, 0) is 0 Å². The van der Waals surface area contributed by atoms with E-state index in [1.165, 1.54) is 12.8 Å². The molecule has 0 bridgehead atoms. The van der Waals surface area contributed by atoms with Crippen LogP contribution in [0.1, 0.15) is 19.8 Å². The highest BCUT2D eigenvalue weighted by Crippen LogP contribution is 2.31. The molecule has 0 aromatic rings. The third-order valence-electron chi connectivity index (χ3n) is 1.64. The van der Waals surface area contributed by atoms with Crippen molar-refractivity contribution in [1.29, 1.82) is 0 Å². The summed E-state index contributed by atoms with van der Waals surface area (Å²) in [4.78, 5) is 7.92. The molecule has 0 saturated heterocycles. The van der Waals surface area contributed by atoms with Crippen LogP contribution in [0, 0.1) is 5.92 Å². The van der Waals surface area contributed by atoms with E-state index in [0.717, 1.165) is 5.84 Å². The highest BCUT2D eigenvalue weighted by atomic mass is 15.0. The van der Waals surface area contributed by atoms with Crippen LogP contribution in [0.3, 0.4) is 0 Å². The van der Waals surface area contributed by atoms with Gasteiger partial charge in [-0.15, -0.1) is 0 Å². The summed E-state index contributed by atoms with van der Waals surface area (Å²) in [5, 5.41) is 0. The molecular weight excluding hydrogens is 138 g/mol. The first-order chi connectivity index (χ1) is 5.27. The molecule has 2 N–H and O–H groups in total. The Hall–Kier alpha value is -1.12. The maximum atomic E-state index is 5.50. The number of rotatable bonds is 2. The predicted octanol–water partition coefficient (Wildman–Crippen LogP) is 1.32.